The minimum atomic E-state index is -7.09. The van der Waals surface area contributed by atoms with Crippen molar-refractivity contribution in [3.63, 3.8) is 0 Å². The van der Waals surface area contributed by atoms with Gasteiger partial charge in [-0.15, -0.1) is 0 Å². The highest BCUT2D eigenvalue weighted by molar-refractivity contribution is 5.14. The predicted molar refractivity (Wildman–Crippen MR) is 39.3 cm³/mol. The first-order valence-electron chi connectivity index (χ1n) is 4.22. The maximum absolute atomic E-state index is 12.7. The third-order valence-corrected chi connectivity index (χ3v) is 2.07. The van der Waals surface area contributed by atoms with E-state index < -0.39 is 42.0 Å². The van der Waals surface area contributed by atoms with Crippen molar-refractivity contribution in [3.8, 4) is 0 Å². The van der Waals surface area contributed by atoms with Crippen molar-refractivity contribution in [3.05, 3.63) is 12.2 Å². The SMILES string of the molecule is CC(F)C(F)(F)C(F)(F)C(F)(F)C(F)(F)/C(F)=[C]\F. The van der Waals surface area contributed by atoms with Gasteiger partial charge < -0.3 is 0 Å². The smallest absolute Gasteiger partial charge is 0.241 e. The summed E-state index contributed by atoms with van der Waals surface area (Å²) < 4.78 is 136. The lowest BCUT2D eigenvalue weighted by Crippen LogP contribution is -2.64. The number of hydrogen-bond donors (Lipinski definition) is 0. The highest BCUT2D eigenvalue weighted by Crippen LogP contribution is 2.56. The zero-order chi connectivity index (χ0) is 15.9. The summed E-state index contributed by atoms with van der Waals surface area (Å²) in [5, 5.41) is 0. The molecule has 113 valence electrons. The molecular weight excluding hydrogens is 305 g/mol. The van der Waals surface area contributed by atoms with Gasteiger partial charge in [0.05, 0.1) is 0 Å². The molecule has 0 aliphatic heterocycles. The molecule has 0 spiro atoms. The maximum atomic E-state index is 12.7. The number of rotatable bonds is 5. The van der Waals surface area contributed by atoms with Crippen molar-refractivity contribution >= 4 is 0 Å². The Kier molecular flexibility index (Phi) is 4.56. The molecule has 0 fully saturated rings. The fraction of sp³-hybridized carbons (Fsp3) is 0.750. The minimum Gasteiger partial charge on any atom is -0.241 e. The first kappa shape index (κ1) is 18.0. The van der Waals surface area contributed by atoms with Gasteiger partial charge in [-0.3, -0.25) is 0 Å². The van der Waals surface area contributed by atoms with Crippen LogP contribution in [0.3, 0.4) is 0 Å². The van der Waals surface area contributed by atoms with Gasteiger partial charge in [-0.05, 0) is 6.92 Å². The second-order valence-corrected chi connectivity index (χ2v) is 3.37. The van der Waals surface area contributed by atoms with E-state index in [4.69, 9.17) is 0 Å². The van der Waals surface area contributed by atoms with Gasteiger partial charge in [-0.1, -0.05) is 0 Å². The van der Waals surface area contributed by atoms with Crippen molar-refractivity contribution in [2.75, 3.05) is 0 Å². The summed E-state index contributed by atoms with van der Waals surface area (Å²) in [6.45, 7) is -0.296. The van der Waals surface area contributed by atoms with Crippen molar-refractivity contribution in [1.82, 2.24) is 0 Å². The molecule has 11 heteroatoms. The van der Waals surface area contributed by atoms with E-state index in [0.717, 1.165) is 0 Å². The standard InChI is InChI=1S/C8H4F11/c1-3(10)5(12,13)7(16,17)8(18,19)6(14,15)4(11)2-9/h3H,1H3. The van der Waals surface area contributed by atoms with Crippen LogP contribution in [0.5, 0.6) is 0 Å². The number of allylic oxidation sites excluding steroid dienone is 1. The van der Waals surface area contributed by atoms with E-state index in [-0.39, 0.29) is 6.92 Å². The highest BCUT2D eigenvalue weighted by atomic mass is 19.4. The topological polar surface area (TPSA) is 0 Å². The molecule has 0 heterocycles. The summed E-state index contributed by atoms with van der Waals surface area (Å²) in [6.07, 6.45) is -4.64. The zero-order valence-corrected chi connectivity index (χ0v) is 8.73. The Bertz CT molecular complexity index is 354. The summed E-state index contributed by atoms with van der Waals surface area (Å²) in [5.74, 6) is -30.8. The van der Waals surface area contributed by atoms with Gasteiger partial charge in [0.15, 0.2) is 12.5 Å². The molecule has 1 unspecified atom stereocenters. The van der Waals surface area contributed by atoms with Gasteiger partial charge in [0, 0.05) is 0 Å². The van der Waals surface area contributed by atoms with Gasteiger partial charge in [-0.2, -0.15) is 35.1 Å². The monoisotopic (exact) mass is 309 g/mol. The maximum Gasteiger partial charge on any atom is 0.385 e. The quantitative estimate of drug-likeness (QED) is 0.657. The third kappa shape index (κ3) is 2.38. The Balaban J connectivity index is 5.91. The molecule has 19 heavy (non-hydrogen) atoms. The molecule has 1 atom stereocenters. The zero-order valence-electron chi connectivity index (χ0n) is 8.73. The van der Waals surface area contributed by atoms with Gasteiger partial charge in [0.2, 0.25) is 5.83 Å². The van der Waals surface area contributed by atoms with Crippen molar-refractivity contribution in [1.29, 1.82) is 0 Å². The van der Waals surface area contributed by atoms with E-state index in [1.165, 1.54) is 0 Å². The van der Waals surface area contributed by atoms with Crippen molar-refractivity contribution in [2.45, 2.75) is 36.8 Å². The molecule has 0 saturated heterocycles. The fourth-order valence-corrected chi connectivity index (χ4v) is 0.853. The molecule has 0 nitrogen and oxygen atoms in total. The lowest BCUT2D eigenvalue weighted by molar-refractivity contribution is -0.369. The molecular formula is C8H4F11. The molecule has 0 aromatic carbocycles. The van der Waals surface area contributed by atoms with Gasteiger partial charge in [-0.25, -0.2) is 13.2 Å². The largest absolute Gasteiger partial charge is 0.385 e. The van der Waals surface area contributed by atoms with Crippen LogP contribution in [0.4, 0.5) is 48.3 Å². The van der Waals surface area contributed by atoms with Crippen LogP contribution in [0.2, 0.25) is 0 Å². The van der Waals surface area contributed by atoms with E-state index in [1.54, 1.807) is 0 Å². The molecule has 0 aromatic heterocycles. The average Bonchev–Trinajstić information content (AvgIpc) is 2.26. The van der Waals surface area contributed by atoms with Gasteiger partial charge in [0.25, 0.3) is 0 Å². The van der Waals surface area contributed by atoms with Gasteiger partial charge in [0.1, 0.15) is 0 Å². The predicted octanol–water partition coefficient (Wildman–Crippen LogP) is 4.47. The van der Waals surface area contributed by atoms with Crippen LogP contribution in [0.1, 0.15) is 6.92 Å². The molecule has 0 bridgehead atoms. The lowest BCUT2D eigenvalue weighted by Gasteiger charge is -2.36. The molecule has 0 aromatic rings. The second kappa shape index (κ2) is 4.82. The summed E-state index contributed by atoms with van der Waals surface area (Å²) in [6, 6.07) is 0. The van der Waals surface area contributed by atoms with Crippen LogP contribution < -0.4 is 0 Å². The molecule has 0 N–H and O–H groups in total. The van der Waals surface area contributed by atoms with E-state index in [0.29, 0.717) is 0 Å². The highest BCUT2D eigenvalue weighted by Gasteiger charge is 2.83. The molecule has 0 aliphatic carbocycles. The molecule has 0 amide bonds. The van der Waals surface area contributed by atoms with Gasteiger partial charge >= 0.3 is 23.7 Å². The second-order valence-electron chi connectivity index (χ2n) is 3.37. The van der Waals surface area contributed by atoms with Crippen LogP contribution >= 0.6 is 0 Å². The van der Waals surface area contributed by atoms with Crippen molar-refractivity contribution < 1.29 is 48.3 Å². The third-order valence-electron chi connectivity index (χ3n) is 2.07. The van der Waals surface area contributed by atoms with E-state index in [1.807, 2.05) is 0 Å². The fourth-order valence-electron chi connectivity index (χ4n) is 0.853. The van der Waals surface area contributed by atoms with Crippen LogP contribution in [0, 0.1) is 6.33 Å². The van der Waals surface area contributed by atoms with E-state index in [2.05, 4.69) is 0 Å². The summed E-state index contributed by atoms with van der Waals surface area (Å²) in [7, 11) is 0. The summed E-state index contributed by atoms with van der Waals surface area (Å²) >= 11 is 0. The number of alkyl halides is 9. The van der Waals surface area contributed by atoms with Crippen LogP contribution in [0.15, 0.2) is 5.83 Å². The first-order chi connectivity index (χ1) is 8.17. The number of halogens is 11. The summed E-state index contributed by atoms with van der Waals surface area (Å²) in [5.41, 5.74) is 0. The molecule has 0 aliphatic rings. The Hall–Kier alpha value is -1.03. The van der Waals surface area contributed by atoms with E-state index >= 15 is 0 Å². The molecule has 0 rings (SSSR count). The van der Waals surface area contributed by atoms with Crippen molar-refractivity contribution in [2.24, 2.45) is 0 Å². The Labute approximate surface area is 98.4 Å². The Morgan fingerprint density at radius 1 is 0.895 bits per heavy atom. The van der Waals surface area contributed by atoms with E-state index in [9.17, 15) is 48.3 Å². The molecule has 1 radical (unpaired) electrons. The first-order valence-corrected chi connectivity index (χ1v) is 4.22. The normalized spacial score (nSPS) is 17.6. The minimum absolute atomic E-state index is 0.296. The van der Waals surface area contributed by atoms with Crippen LogP contribution in [-0.2, 0) is 0 Å². The summed E-state index contributed by atoms with van der Waals surface area (Å²) in [4.78, 5) is 0. The molecule has 0 saturated carbocycles. The van der Waals surface area contributed by atoms with Crippen LogP contribution in [-0.4, -0.2) is 29.9 Å². The Morgan fingerprint density at radius 3 is 1.53 bits per heavy atom. The Morgan fingerprint density at radius 2 is 1.26 bits per heavy atom. The lowest BCUT2D eigenvalue weighted by atomic mass is 9.95. The van der Waals surface area contributed by atoms with Crippen LogP contribution in [0.25, 0.3) is 0 Å². The average molecular weight is 309 g/mol. The number of hydrogen-bond acceptors (Lipinski definition) is 0.